The van der Waals surface area contributed by atoms with Gasteiger partial charge in [-0.05, 0) is 6.42 Å². The van der Waals surface area contributed by atoms with Crippen molar-refractivity contribution in [2.75, 3.05) is 13.3 Å². The molecule has 0 aliphatic heterocycles. The van der Waals surface area contributed by atoms with Gasteiger partial charge >= 0.3 is 5.97 Å². The van der Waals surface area contributed by atoms with Crippen LogP contribution in [-0.2, 0) is 14.4 Å². The normalized spacial score (nSPS) is 9.42. The van der Waals surface area contributed by atoms with Crippen molar-refractivity contribution in [3.63, 3.8) is 0 Å². The van der Waals surface area contributed by atoms with E-state index in [-0.39, 0.29) is 6.73 Å². The SMILES string of the molecule is C=CC(=O)ONCOCCCC. The fourth-order valence-corrected chi connectivity index (χ4v) is 0.502. The van der Waals surface area contributed by atoms with E-state index in [4.69, 9.17) is 4.74 Å². The Kier molecular flexibility index (Phi) is 7.63. The number of hydrogen-bond acceptors (Lipinski definition) is 4. The zero-order valence-corrected chi connectivity index (χ0v) is 7.34. The largest absolute Gasteiger partial charge is 0.365 e. The second-order valence-electron chi connectivity index (χ2n) is 2.18. The molecule has 0 aromatic carbocycles. The van der Waals surface area contributed by atoms with Gasteiger partial charge in [0.2, 0.25) is 0 Å². The number of ether oxygens (including phenoxy) is 1. The molecule has 1 N–H and O–H groups in total. The molecule has 0 rings (SSSR count). The number of rotatable bonds is 7. The van der Waals surface area contributed by atoms with E-state index < -0.39 is 5.97 Å². The molecule has 0 aromatic heterocycles. The van der Waals surface area contributed by atoms with Crippen LogP contribution in [0.2, 0.25) is 0 Å². The minimum atomic E-state index is -0.505. The minimum Gasteiger partial charge on any atom is -0.365 e. The molecule has 0 spiro atoms. The fourth-order valence-electron chi connectivity index (χ4n) is 0.502. The lowest BCUT2D eigenvalue weighted by Gasteiger charge is -2.03. The Bertz CT molecular complexity index is 136. The summed E-state index contributed by atoms with van der Waals surface area (Å²) in [6, 6.07) is 0. The van der Waals surface area contributed by atoms with Crippen LogP contribution < -0.4 is 5.48 Å². The molecule has 0 aliphatic carbocycles. The summed E-state index contributed by atoms with van der Waals surface area (Å²) in [6.45, 7) is 6.21. The number of hydroxylamine groups is 1. The van der Waals surface area contributed by atoms with Crippen molar-refractivity contribution < 1.29 is 14.4 Å². The topological polar surface area (TPSA) is 47.6 Å². The lowest BCUT2D eigenvalue weighted by Crippen LogP contribution is -2.21. The lowest BCUT2D eigenvalue weighted by molar-refractivity contribution is -0.149. The smallest absolute Gasteiger partial charge is 0.348 e. The van der Waals surface area contributed by atoms with Crippen molar-refractivity contribution in [2.45, 2.75) is 19.8 Å². The van der Waals surface area contributed by atoms with Gasteiger partial charge in [0.15, 0.2) is 0 Å². The Morgan fingerprint density at radius 3 is 3.00 bits per heavy atom. The number of hydrogen-bond donors (Lipinski definition) is 1. The first-order valence-corrected chi connectivity index (χ1v) is 3.95. The van der Waals surface area contributed by atoms with Crippen LogP contribution in [0, 0.1) is 0 Å². The molecule has 4 nitrogen and oxygen atoms in total. The number of carbonyl (C=O) groups is 1. The van der Waals surface area contributed by atoms with Gasteiger partial charge in [-0.2, -0.15) is 0 Å². The summed E-state index contributed by atoms with van der Waals surface area (Å²) in [5, 5.41) is 0. The van der Waals surface area contributed by atoms with Gasteiger partial charge in [0, 0.05) is 12.7 Å². The molecule has 0 saturated heterocycles. The van der Waals surface area contributed by atoms with Gasteiger partial charge in [-0.15, -0.1) is 5.48 Å². The Hall–Kier alpha value is -0.870. The van der Waals surface area contributed by atoms with Gasteiger partial charge in [0.25, 0.3) is 0 Å². The summed E-state index contributed by atoms with van der Waals surface area (Å²) in [5.41, 5.74) is 2.35. The number of carbonyl (C=O) groups excluding carboxylic acids is 1. The maximum Gasteiger partial charge on any atom is 0.348 e. The molecule has 0 aromatic rings. The van der Waals surface area contributed by atoms with E-state index in [2.05, 4.69) is 23.8 Å². The maximum absolute atomic E-state index is 10.4. The molecule has 4 heteroatoms. The van der Waals surface area contributed by atoms with Gasteiger partial charge in [-0.3, -0.25) is 0 Å². The van der Waals surface area contributed by atoms with Crippen molar-refractivity contribution in [2.24, 2.45) is 0 Å². The van der Waals surface area contributed by atoms with Crippen LogP contribution in [0.15, 0.2) is 12.7 Å². The van der Waals surface area contributed by atoms with E-state index in [1.165, 1.54) is 0 Å². The van der Waals surface area contributed by atoms with E-state index in [0.29, 0.717) is 6.61 Å². The minimum absolute atomic E-state index is 0.222. The first kappa shape index (κ1) is 11.1. The summed E-state index contributed by atoms with van der Waals surface area (Å²) in [7, 11) is 0. The van der Waals surface area contributed by atoms with E-state index in [1.807, 2.05) is 0 Å². The van der Waals surface area contributed by atoms with Gasteiger partial charge in [-0.1, -0.05) is 19.9 Å². The summed E-state index contributed by atoms with van der Waals surface area (Å²) in [4.78, 5) is 14.9. The average molecular weight is 173 g/mol. The quantitative estimate of drug-likeness (QED) is 0.270. The number of unbranched alkanes of at least 4 members (excludes halogenated alkanes) is 1. The van der Waals surface area contributed by atoms with Crippen LogP contribution in [0.1, 0.15) is 19.8 Å². The predicted octanol–water partition coefficient (Wildman–Crippen LogP) is 0.994. The second kappa shape index (κ2) is 8.23. The second-order valence-corrected chi connectivity index (χ2v) is 2.18. The lowest BCUT2D eigenvalue weighted by atomic mass is 10.4. The number of nitrogens with one attached hydrogen (secondary N) is 1. The molecule has 0 fully saturated rings. The summed E-state index contributed by atoms with van der Waals surface area (Å²) in [6.07, 6.45) is 3.18. The predicted molar refractivity (Wildman–Crippen MR) is 45.2 cm³/mol. The summed E-state index contributed by atoms with van der Waals surface area (Å²) < 4.78 is 5.05. The molecule has 0 aliphatic rings. The molecule has 0 bridgehead atoms. The van der Waals surface area contributed by atoms with Crippen molar-refractivity contribution in [3.05, 3.63) is 12.7 Å². The molecular weight excluding hydrogens is 158 g/mol. The summed E-state index contributed by atoms with van der Waals surface area (Å²) >= 11 is 0. The van der Waals surface area contributed by atoms with E-state index in [9.17, 15) is 4.79 Å². The van der Waals surface area contributed by atoms with Crippen LogP contribution in [0.3, 0.4) is 0 Å². The molecule has 70 valence electrons. The Balaban J connectivity index is 3.00. The van der Waals surface area contributed by atoms with Crippen LogP contribution in [0.5, 0.6) is 0 Å². The van der Waals surface area contributed by atoms with Crippen molar-refractivity contribution >= 4 is 5.97 Å². The molecule has 0 amide bonds. The summed E-state index contributed by atoms with van der Waals surface area (Å²) in [5.74, 6) is -0.505. The van der Waals surface area contributed by atoms with Gasteiger partial charge in [0.1, 0.15) is 6.73 Å². The fraction of sp³-hybridized carbons (Fsp3) is 0.625. The third kappa shape index (κ3) is 7.24. The zero-order chi connectivity index (χ0) is 9.23. The Labute approximate surface area is 72.5 Å². The first-order valence-electron chi connectivity index (χ1n) is 3.95. The molecule has 0 heterocycles. The van der Waals surface area contributed by atoms with E-state index in [1.54, 1.807) is 0 Å². The van der Waals surface area contributed by atoms with Gasteiger partial charge < -0.3 is 9.57 Å². The first-order chi connectivity index (χ1) is 5.81. The molecule has 0 atom stereocenters. The monoisotopic (exact) mass is 173 g/mol. The third-order valence-electron chi connectivity index (χ3n) is 1.14. The van der Waals surface area contributed by atoms with Crippen LogP contribution >= 0.6 is 0 Å². The van der Waals surface area contributed by atoms with Gasteiger partial charge in [0.05, 0.1) is 0 Å². The molecule has 0 radical (unpaired) electrons. The molecule has 0 saturated carbocycles. The van der Waals surface area contributed by atoms with E-state index in [0.717, 1.165) is 18.9 Å². The van der Waals surface area contributed by atoms with E-state index >= 15 is 0 Å². The van der Waals surface area contributed by atoms with Crippen molar-refractivity contribution in [1.82, 2.24) is 5.48 Å². The molecule has 0 unspecified atom stereocenters. The Morgan fingerprint density at radius 2 is 2.42 bits per heavy atom. The van der Waals surface area contributed by atoms with Crippen LogP contribution in [0.25, 0.3) is 0 Å². The Morgan fingerprint density at radius 1 is 1.67 bits per heavy atom. The highest BCUT2D eigenvalue weighted by Gasteiger charge is 1.92. The van der Waals surface area contributed by atoms with Gasteiger partial charge in [-0.25, -0.2) is 4.79 Å². The standard InChI is InChI=1S/C8H15NO3/c1-3-5-6-11-7-9-12-8(10)4-2/h4,9H,2-3,5-7H2,1H3. The highest BCUT2D eigenvalue weighted by atomic mass is 16.7. The maximum atomic E-state index is 10.4. The highest BCUT2D eigenvalue weighted by Crippen LogP contribution is 1.85. The molecular formula is C8H15NO3. The molecule has 12 heavy (non-hydrogen) atoms. The average Bonchev–Trinajstić information content (AvgIpc) is 2.10. The zero-order valence-electron chi connectivity index (χ0n) is 7.34. The third-order valence-corrected chi connectivity index (χ3v) is 1.14. The van der Waals surface area contributed by atoms with Crippen molar-refractivity contribution in [3.8, 4) is 0 Å². The van der Waals surface area contributed by atoms with Crippen molar-refractivity contribution in [1.29, 1.82) is 0 Å². The van der Waals surface area contributed by atoms with Crippen LogP contribution in [-0.4, -0.2) is 19.3 Å². The highest BCUT2D eigenvalue weighted by molar-refractivity contribution is 5.80. The van der Waals surface area contributed by atoms with Crippen LogP contribution in [0.4, 0.5) is 0 Å².